The zero-order chi connectivity index (χ0) is 8.72. The third-order valence-corrected chi connectivity index (χ3v) is 1.65. The molecule has 0 radical (unpaired) electrons. The summed E-state index contributed by atoms with van der Waals surface area (Å²) in [5.74, 6) is -0.0868. The Morgan fingerprint density at radius 3 is 2.58 bits per heavy atom. The number of Topliss-reactive ketones (excluding diaryl/α,β-unsaturated/α-hetero) is 1. The number of carbonyl (C=O) groups is 1. The highest BCUT2D eigenvalue weighted by Gasteiger charge is 2.23. The van der Waals surface area contributed by atoms with Crippen LogP contribution >= 0.6 is 0 Å². The fourth-order valence-corrected chi connectivity index (χ4v) is 1.14. The molecule has 0 atom stereocenters. The minimum atomic E-state index is -0.635. The van der Waals surface area contributed by atoms with Crippen LogP contribution in [0.4, 0.5) is 5.82 Å². The molecular weight excluding hydrogens is 162 g/mol. The molecule has 1 aliphatic heterocycles. The van der Waals surface area contributed by atoms with Gasteiger partial charge in [0.2, 0.25) is 0 Å². The van der Waals surface area contributed by atoms with E-state index in [1.54, 1.807) is 0 Å². The quantitative estimate of drug-likeness (QED) is 0.446. The second kappa shape index (κ2) is 2.07. The number of H-pyrrole nitrogens is 2. The van der Waals surface area contributed by atoms with E-state index in [9.17, 15) is 14.4 Å². The predicted octanol–water partition coefficient (Wildman–Crippen LogP) is -1.33. The summed E-state index contributed by atoms with van der Waals surface area (Å²) in [6, 6.07) is 0. The molecule has 0 amide bonds. The first-order valence-electron chi connectivity index (χ1n) is 3.32. The SMILES string of the molecule is O=C1CNc2[nH]c(=O)[nH]c(=O)c21. The van der Waals surface area contributed by atoms with Crippen molar-refractivity contribution in [2.24, 2.45) is 0 Å². The van der Waals surface area contributed by atoms with Crippen LogP contribution < -0.4 is 16.6 Å². The van der Waals surface area contributed by atoms with Gasteiger partial charge in [0.25, 0.3) is 5.56 Å². The van der Waals surface area contributed by atoms with E-state index in [1.807, 2.05) is 4.98 Å². The molecule has 0 fully saturated rings. The predicted molar refractivity (Wildman–Crippen MR) is 40.5 cm³/mol. The van der Waals surface area contributed by atoms with E-state index < -0.39 is 11.2 Å². The maximum atomic E-state index is 11.0. The van der Waals surface area contributed by atoms with Crippen LogP contribution in [0.25, 0.3) is 0 Å². The molecule has 2 heterocycles. The van der Waals surface area contributed by atoms with Gasteiger partial charge >= 0.3 is 5.69 Å². The van der Waals surface area contributed by atoms with E-state index in [1.165, 1.54) is 0 Å². The molecule has 3 N–H and O–H groups in total. The van der Waals surface area contributed by atoms with E-state index in [4.69, 9.17) is 0 Å². The maximum absolute atomic E-state index is 11.0. The van der Waals surface area contributed by atoms with Crippen LogP contribution in [0.2, 0.25) is 0 Å². The van der Waals surface area contributed by atoms with E-state index in [0.717, 1.165) is 0 Å². The first-order chi connectivity index (χ1) is 5.68. The first-order valence-corrected chi connectivity index (χ1v) is 3.32. The van der Waals surface area contributed by atoms with Gasteiger partial charge in [-0.15, -0.1) is 0 Å². The monoisotopic (exact) mass is 167 g/mol. The van der Waals surface area contributed by atoms with Gasteiger partial charge in [0, 0.05) is 0 Å². The summed E-state index contributed by atoms with van der Waals surface area (Å²) in [7, 11) is 0. The summed E-state index contributed by atoms with van der Waals surface area (Å²) in [5, 5.41) is 2.61. The normalized spacial score (nSPS) is 14.2. The Bertz CT molecular complexity index is 456. The number of carbonyl (C=O) groups excluding carboxylic acids is 1. The van der Waals surface area contributed by atoms with Crippen molar-refractivity contribution >= 4 is 11.6 Å². The number of nitrogens with one attached hydrogen (secondary N) is 3. The third-order valence-electron chi connectivity index (χ3n) is 1.65. The van der Waals surface area contributed by atoms with Crippen LogP contribution in [0, 0.1) is 0 Å². The van der Waals surface area contributed by atoms with Gasteiger partial charge in [-0.25, -0.2) is 4.79 Å². The molecule has 62 valence electrons. The summed E-state index contributed by atoms with van der Waals surface area (Å²) < 4.78 is 0. The topological polar surface area (TPSA) is 94.8 Å². The van der Waals surface area contributed by atoms with E-state index in [-0.39, 0.29) is 23.7 Å². The Morgan fingerprint density at radius 2 is 1.83 bits per heavy atom. The van der Waals surface area contributed by atoms with Crippen LogP contribution in [0.5, 0.6) is 0 Å². The smallest absolute Gasteiger partial charge is 0.327 e. The van der Waals surface area contributed by atoms with Gasteiger partial charge in [0.05, 0.1) is 6.54 Å². The Hall–Kier alpha value is -1.85. The summed E-state index contributed by atoms with van der Waals surface area (Å²) in [6.45, 7) is 0.0678. The summed E-state index contributed by atoms with van der Waals surface area (Å²) in [4.78, 5) is 37.0. The van der Waals surface area contributed by atoms with Crippen molar-refractivity contribution in [2.75, 3.05) is 11.9 Å². The van der Waals surface area contributed by atoms with Crippen LogP contribution in [-0.4, -0.2) is 22.3 Å². The third kappa shape index (κ3) is 0.777. The van der Waals surface area contributed by atoms with Crippen molar-refractivity contribution < 1.29 is 4.79 Å². The van der Waals surface area contributed by atoms with E-state index in [2.05, 4.69) is 10.3 Å². The zero-order valence-electron chi connectivity index (χ0n) is 5.93. The number of aromatic nitrogens is 2. The first kappa shape index (κ1) is 6.84. The number of aromatic amines is 2. The summed E-state index contributed by atoms with van der Waals surface area (Å²) in [5.41, 5.74) is -1.24. The lowest BCUT2D eigenvalue weighted by atomic mass is 10.2. The van der Waals surface area contributed by atoms with Gasteiger partial charge in [-0.2, -0.15) is 0 Å². The second-order valence-electron chi connectivity index (χ2n) is 2.43. The van der Waals surface area contributed by atoms with E-state index in [0.29, 0.717) is 0 Å². The number of anilines is 1. The van der Waals surface area contributed by atoms with E-state index >= 15 is 0 Å². The summed E-state index contributed by atoms with van der Waals surface area (Å²) >= 11 is 0. The molecule has 0 aromatic carbocycles. The molecule has 0 saturated carbocycles. The average Bonchev–Trinajstić information content (AvgIpc) is 2.31. The van der Waals surface area contributed by atoms with Crippen molar-refractivity contribution in [2.45, 2.75) is 0 Å². The molecular formula is C6H5N3O3. The molecule has 1 aromatic heterocycles. The highest BCUT2D eigenvalue weighted by molar-refractivity contribution is 6.06. The molecule has 2 rings (SSSR count). The number of ketones is 1. The fourth-order valence-electron chi connectivity index (χ4n) is 1.14. The lowest BCUT2D eigenvalue weighted by Crippen LogP contribution is -2.25. The highest BCUT2D eigenvalue weighted by atomic mass is 16.2. The molecule has 1 aliphatic rings. The maximum Gasteiger partial charge on any atom is 0.327 e. The Morgan fingerprint density at radius 1 is 1.08 bits per heavy atom. The molecule has 0 aliphatic carbocycles. The molecule has 0 saturated heterocycles. The van der Waals surface area contributed by atoms with Gasteiger partial charge in [0.1, 0.15) is 11.4 Å². The van der Waals surface area contributed by atoms with Gasteiger partial charge in [-0.1, -0.05) is 0 Å². The molecule has 6 heteroatoms. The fraction of sp³-hybridized carbons (Fsp3) is 0.167. The highest BCUT2D eigenvalue weighted by Crippen LogP contribution is 2.11. The number of hydrogen-bond acceptors (Lipinski definition) is 4. The average molecular weight is 167 g/mol. The van der Waals surface area contributed by atoms with Crippen molar-refractivity contribution in [1.29, 1.82) is 0 Å². The van der Waals surface area contributed by atoms with Gasteiger partial charge in [-0.05, 0) is 0 Å². The lowest BCUT2D eigenvalue weighted by molar-refractivity contribution is 0.101. The Kier molecular flexibility index (Phi) is 1.18. The number of fused-ring (bicyclic) bond motifs is 1. The van der Waals surface area contributed by atoms with Crippen LogP contribution in [-0.2, 0) is 0 Å². The van der Waals surface area contributed by atoms with Crippen LogP contribution in [0.3, 0.4) is 0 Å². The van der Waals surface area contributed by atoms with Crippen molar-refractivity contribution in [3.8, 4) is 0 Å². The van der Waals surface area contributed by atoms with Crippen molar-refractivity contribution in [3.05, 3.63) is 26.4 Å². The second-order valence-corrected chi connectivity index (χ2v) is 2.43. The molecule has 1 aromatic rings. The zero-order valence-corrected chi connectivity index (χ0v) is 5.93. The van der Waals surface area contributed by atoms with Gasteiger partial charge in [0.15, 0.2) is 5.78 Å². The number of rotatable bonds is 0. The van der Waals surface area contributed by atoms with Crippen LogP contribution in [0.1, 0.15) is 10.4 Å². The molecule has 0 spiro atoms. The minimum Gasteiger partial charge on any atom is -0.363 e. The van der Waals surface area contributed by atoms with Gasteiger partial charge in [-0.3, -0.25) is 19.6 Å². The van der Waals surface area contributed by atoms with Crippen molar-refractivity contribution in [1.82, 2.24) is 9.97 Å². The Labute approximate surface area is 65.6 Å². The van der Waals surface area contributed by atoms with Gasteiger partial charge < -0.3 is 5.32 Å². The lowest BCUT2D eigenvalue weighted by Gasteiger charge is -1.93. The number of hydrogen-bond donors (Lipinski definition) is 3. The largest absolute Gasteiger partial charge is 0.363 e. The molecule has 0 unspecified atom stereocenters. The summed E-state index contributed by atoms with van der Waals surface area (Å²) in [6.07, 6.45) is 0. The molecule has 12 heavy (non-hydrogen) atoms. The molecule has 6 nitrogen and oxygen atoms in total. The standard InChI is InChI=1S/C6H5N3O3/c10-2-1-7-4-3(2)5(11)9-6(12)8-4/h1H2,(H3,7,8,9,11,12). The Balaban J connectivity index is 2.85. The molecule has 0 bridgehead atoms. The van der Waals surface area contributed by atoms with Crippen molar-refractivity contribution in [3.63, 3.8) is 0 Å². The van der Waals surface area contributed by atoms with Crippen LogP contribution in [0.15, 0.2) is 9.59 Å². The minimum absolute atomic E-state index is 0.00889.